The van der Waals surface area contributed by atoms with E-state index in [2.05, 4.69) is 26.2 Å². The Labute approximate surface area is 132 Å². The standard InChI is InChI=1S/C16H16BrN3O/c17-15-8-3-5-12(19-15)11-18-13-6-1-2-7-14(13)20-10-4-9-16(20)21/h1-3,5-8,18H,4,9-11H2. The van der Waals surface area contributed by atoms with Gasteiger partial charge in [-0.05, 0) is 46.6 Å². The van der Waals surface area contributed by atoms with E-state index in [1.165, 1.54) is 0 Å². The summed E-state index contributed by atoms with van der Waals surface area (Å²) in [6.07, 6.45) is 1.57. The zero-order valence-corrected chi connectivity index (χ0v) is 13.1. The maximum absolute atomic E-state index is 11.9. The molecule has 2 aromatic rings. The largest absolute Gasteiger partial charge is 0.378 e. The first-order valence-electron chi connectivity index (χ1n) is 6.99. The molecule has 3 rings (SSSR count). The van der Waals surface area contributed by atoms with Gasteiger partial charge in [-0.3, -0.25) is 4.79 Å². The molecule has 2 heterocycles. The quantitative estimate of drug-likeness (QED) is 0.861. The molecule has 1 fully saturated rings. The summed E-state index contributed by atoms with van der Waals surface area (Å²) >= 11 is 3.37. The van der Waals surface area contributed by atoms with E-state index in [0.29, 0.717) is 13.0 Å². The van der Waals surface area contributed by atoms with Gasteiger partial charge in [0.25, 0.3) is 0 Å². The number of anilines is 2. The minimum absolute atomic E-state index is 0.199. The summed E-state index contributed by atoms with van der Waals surface area (Å²) in [4.78, 5) is 18.2. The molecule has 4 nitrogen and oxygen atoms in total. The van der Waals surface area contributed by atoms with Crippen molar-refractivity contribution in [1.29, 1.82) is 0 Å². The average molecular weight is 346 g/mol. The number of carbonyl (C=O) groups is 1. The van der Waals surface area contributed by atoms with Crippen LogP contribution in [0.4, 0.5) is 11.4 Å². The van der Waals surface area contributed by atoms with E-state index in [1.807, 2.05) is 47.4 Å². The van der Waals surface area contributed by atoms with Crippen LogP contribution in [0.2, 0.25) is 0 Å². The minimum Gasteiger partial charge on any atom is -0.378 e. The Kier molecular flexibility index (Phi) is 4.20. The predicted octanol–water partition coefficient (Wildman–Crippen LogP) is 3.58. The summed E-state index contributed by atoms with van der Waals surface area (Å²) in [7, 11) is 0. The van der Waals surface area contributed by atoms with Gasteiger partial charge in [-0.25, -0.2) is 4.98 Å². The van der Waals surface area contributed by atoms with Crippen molar-refractivity contribution < 1.29 is 4.79 Å². The molecule has 0 bridgehead atoms. The van der Waals surface area contributed by atoms with Crippen LogP contribution >= 0.6 is 15.9 Å². The van der Waals surface area contributed by atoms with Gasteiger partial charge < -0.3 is 10.2 Å². The van der Waals surface area contributed by atoms with Crippen molar-refractivity contribution in [3.63, 3.8) is 0 Å². The lowest BCUT2D eigenvalue weighted by Crippen LogP contribution is -2.24. The van der Waals surface area contributed by atoms with Gasteiger partial charge >= 0.3 is 0 Å². The van der Waals surface area contributed by atoms with Gasteiger partial charge in [0, 0.05) is 13.0 Å². The van der Waals surface area contributed by atoms with Crippen molar-refractivity contribution in [2.24, 2.45) is 0 Å². The molecule has 5 heteroatoms. The van der Waals surface area contributed by atoms with Gasteiger partial charge in [0.15, 0.2) is 0 Å². The number of carbonyl (C=O) groups excluding carboxylic acids is 1. The van der Waals surface area contributed by atoms with Crippen LogP contribution in [-0.2, 0) is 11.3 Å². The molecule has 1 aliphatic rings. The number of benzene rings is 1. The van der Waals surface area contributed by atoms with E-state index in [1.54, 1.807) is 0 Å². The number of aromatic nitrogens is 1. The molecule has 21 heavy (non-hydrogen) atoms. The normalized spacial score (nSPS) is 14.5. The Bertz CT molecular complexity index is 659. The Hall–Kier alpha value is -1.88. The molecular formula is C16H16BrN3O. The van der Waals surface area contributed by atoms with Crippen LogP contribution in [0.1, 0.15) is 18.5 Å². The van der Waals surface area contributed by atoms with Gasteiger partial charge in [-0.15, -0.1) is 0 Å². The molecule has 1 aromatic carbocycles. The lowest BCUT2D eigenvalue weighted by Gasteiger charge is -2.20. The van der Waals surface area contributed by atoms with Crippen molar-refractivity contribution in [2.45, 2.75) is 19.4 Å². The number of pyridine rings is 1. The number of para-hydroxylation sites is 2. The summed E-state index contributed by atoms with van der Waals surface area (Å²) in [5.74, 6) is 0.199. The van der Waals surface area contributed by atoms with Gasteiger partial charge in [0.1, 0.15) is 4.60 Å². The number of halogens is 1. The number of rotatable bonds is 4. The molecule has 1 amide bonds. The molecule has 0 spiro atoms. The van der Waals surface area contributed by atoms with E-state index < -0.39 is 0 Å². The average Bonchev–Trinajstić information content (AvgIpc) is 2.91. The Morgan fingerprint density at radius 2 is 2.05 bits per heavy atom. The first-order valence-corrected chi connectivity index (χ1v) is 7.78. The number of amides is 1. The lowest BCUT2D eigenvalue weighted by atomic mass is 10.2. The number of nitrogens with one attached hydrogen (secondary N) is 1. The SMILES string of the molecule is O=C1CCCN1c1ccccc1NCc1cccc(Br)n1. The van der Waals surface area contributed by atoms with Crippen molar-refractivity contribution >= 4 is 33.2 Å². The van der Waals surface area contributed by atoms with Gasteiger partial charge in [-0.1, -0.05) is 18.2 Å². The third-order valence-corrected chi connectivity index (χ3v) is 3.94. The molecule has 108 valence electrons. The third-order valence-electron chi connectivity index (χ3n) is 3.50. The van der Waals surface area contributed by atoms with Crippen LogP contribution < -0.4 is 10.2 Å². The highest BCUT2D eigenvalue weighted by Crippen LogP contribution is 2.29. The molecule has 1 saturated heterocycles. The zero-order valence-electron chi connectivity index (χ0n) is 11.6. The van der Waals surface area contributed by atoms with Gasteiger partial charge in [-0.2, -0.15) is 0 Å². The van der Waals surface area contributed by atoms with Crippen molar-refractivity contribution in [2.75, 3.05) is 16.8 Å². The molecule has 0 saturated carbocycles. The summed E-state index contributed by atoms with van der Waals surface area (Å²) in [6, 6.07) is 13.8. The van der Waals surface area contributed by atoms with Crippen LogP contribution in [0, 0.1) is 0 Å². The fraction of sp³-hybridized carbons (Fsp3) is 0.250. The highest BCUT2D eigenvalue weighted by Gasteiger charge is 2.23. The second-order valence-corrected chi connectivity index (χ2v) is 5.78. The maximum Gasteiger partial charge on any atom is 0.227 e. The molecule has 1 N–H and O–H groups in total. The molecular weight excluding hydrogens is 330 g/mol. The Morgan fingerprint density at radius 3 is 2.81 bits per heavy atom. The minimum atomic E-state index is 0.199. The van der Waals surface area contributed by atoms with Crippen LogP contribution in [0.25, 0.3) is 0 Å². The van der Waals surface area contributed by atoms with E-state index in [9.17, 15) is 4.79 Å². The Balaban J connectivity index is 1.78. The fourth-order valence-electron chi connectivity index (χ4n) is 2.50. The maximum atomic E-state index is 11.9. The molecule has 1 aliphatic heterocycles. The van der Waals surface area contributed by atoms with E-state index in [4.69, 9.17) is 0 Å². The number of nitrogens with zero attached hydrogens (tertiary/aromatic N) is 2. The predicted molar refractivity (Wildman–Crippen MR) is 87.3 cm³/mol. The summed E-state index contributed by atoms with van der Waals surface area (Å²) in [5, 5.41) is 3.38. The van der Waals surface area contributed by atoms with Gasteiger partial charge in [0.05, 0.1) is 23.6 Å². The van der Waals surface area contributed by atoms with Crippen LogP contribution in [0.15, 0.2) is 47.1 Å². The van der Waals surface area contributed by atoms with Crippen LogP contribution in [0.5, 0.6) is 0 Å². The number of hydrogen-bond donors (Lipinski definition) is 1. The van der Waals surface area contributed by atoms with E-state index in [-0.39, 0.29) is 5.91 Å². The van der Waals surface area contributed by atoms with Crippen molar-refractivity contribution in [3.8, 4) is 0 Å². The highest BCUT2D eigenvalue weighted by molar-refractivity contribution is 9.10. The van der Waals surface area contributed by atoms with Crippen LogP contribution in [-0.4, -0.2) is 17.4 Å². The van der Waals surface area contributed by atoms with E-state index >= 15 is 0 Å². The molecule has 0 radical (unpaired) electrons. The fourth-order valence-corrected chi connectivity index (χ4v) is 2.88. The summed E-state index contributed by atoms with van der Waals surface area (Å²) in [6.45, 7) is 1.42. The monoisotopic (exact) mass is 345 g/mol. The molecule has 1 aromatic heterocycles. The first-order chi connectivity index (χ1) is 10.2. The van der Waals surface area contributed by atoms with Crippen molar-refractivity contribution in [3.05, 3.63) is 52.8 Å². The smallest absolute Gasteiger partial charge is 0.227 e. The Morgan fingerprint density at radius 1 is 1.19 bits per heavy atom. The molecule has 0 atom stereocenters. The second kappa shape index (κ2) is 6.26. The highest BCUT2D eigenvalue weighted by atomic mass is 79.9. The summed E-state index contributed by atoms with van der Waals surface area (Å²) in [5.41, 5.74) is 2.87. The molecule has 0 unspecified atom stereocenters. The van der Waals surface area contributed by atoms with E-state index in [0.717, 1.165) is 34.6 Å². The lowest BCUT2D eigenvalue weighted by molar-refractivity contribution is -0.117. The molecule has 0 aliphatic carbocycles. The zero-order chi connectivity index (χ0) is 14.7. The van der Waals surface area contributed by atoms with Crippen LogP contribution in [0.3, 0.4) is 0 Å². The number of hydrogen-bond acceptors (Lipinski definition) is 3. The first kappa shape index (κ1) is 14.1. The topological polar surface area (TPSA) is 45.2 Å². The second-order valence-electron chi connectivity index (χ2n) is 4.97. The van der Waals surface area contributed by atoms with Crippen molar-refractivity contribution in [1.82, 2.24) is 4.98 Å². The summed E-state index contributed by atoms with van der Waals surface area (Å²) < 4.78 is 0.824. The van der Waals surface area contributed by atoms with Gasteiger partial charge in [0.2, 0.25) is 5.91 Å². The third kappa shape index (κ3) is 3.24.